The highest BCUT2D eigenvalue weighted by molar-refractivity contribution is 5.44. The summed E-state index contributed by atoms with van der Waals surface area (Å²) in [5.41, 5.74) is 12.7. The van der Waals surface area contributed by atoms with Gasteiger partial charge in [-0.1, -0.05) is 19.0 Å². The Balaban J connectivity index is 1.70. The lowest BCUT2D eigenvalue weighted by molar-refractivity contribution is 0.345. The average Bonchev–Trinajstić information content (AvgIpc) is 2.89. The molecule has 4 N–H and O–H groups in total. The van der Waals surface area contributed by atoms with Gasteiger partial charge in [-0.2, -0.15) is 9.97 Å². The van der Waals surface area contributed by atoms with Crippen molar-refractivity contribution in [3.8, 4) is 0 Å². The van der Waals surface area contributed by atoms with Gasteiger partial charge in [-0.3, -0.25) is 0 Å². The van der Waals surface area contributed by atoms with Crippen molar-refractivity contribution in [1.82, 2.24) is 20.1 Å². The molecule has 0 spiro atoms. The van der Waals surface area contributed by atoms with Gasteiger partial charge < -0.3 is 20.9 Å². The van der Waals surface area contributed by atoms with E-state index in [1.807, 2.05) is 18.0 Å². The monoisotopic (exact) mass is 331 g/mol. The molecule has 3 rings (SSSR count). The second-order valence-electron chi connectivity index (χ2n) is 7.00. The summed E-state index contributed by atoms with van der Waals surface area (Å²) in [5.74, 6) is 3.20. The number of nitrogen functional groups attached to an aromatic ring is 1. The van der Waals surface area contributed by atoms with Gasteiger partial charge in [-0.15, -0.1) is 0 Å². The normalized spacial score (nSPS) is 20.2. The van der Waals surface area contributed by atoms with Gasteiger partial charge in [-0.05, 0) is 18.8 Å². The lowest BCUT2D eigenvalue weighted by atomic mass is 9.78. The Morgan fingerprint density at radius 1 is 1.29 bits per heavy atom. The number of aromatic nitrogens is 4. The molecular formula is C16H25N7O. The molecule has 2 heterocycles. The van der Waals surface area contributed by atoms with Crippen molar-refractivity contribution in [3.05, 3.63) is 23.5 Å². The van der Waals surface area contributed by atoms with Crippen molar-refractivity contribution in [2.75, 3.05) is 17.7 Å². The maximum absolute atomic E-state index is 5.87. The van der Waals surface area contributed by atoms with Gasteiger partial charge in [-0.25, -0.2) is 4.98 Å². The zero-order valence-electron chi connectivity index (χ0n) is 14.4. The summed E-state index contributed by atoms with van der Waals surface area (Å²) in [7, 11) is 1.93. The number of nitrogens with two attached hydrogens (primary N) is 2. The van der Waals surface area contributed by atoms with Crippen molar-refractivity contribution >= 4 is 11.8 Å². The SMILES string of the molecule is CC(C)Cc1nc(CN(C)c2cc(C3CC(N)C3)nc(N)n2)no1. The lowest BCUT2D eigenvalue weighted by Crippen LogP contribution is -2.35. The van der Waals surface area contributed by atoms with E-state index in [9.17, 15) is 0 Å². The molecular weight excluding hydrogens is 306 g/mol. The van der Waals surface area contributed by atoms with Gasteiger partial charge in [0.15, 0.2) is 5.82 Å². The summed E-state index contributed by atoms with van der Waals surface area (Å²) in [4.78, 5) is 15.0. The maximum atomic E-state index is 5.87. The van der Waals surface area contributed by atoms with E-state index in [1.54, 1.807) is 0 Å². The topological polar surface area (TPSA) is 120 Å². The number of hydrogen-bond acceptors (Lipinski definition) is 8. The molecule has 1 saturated carbocycles. The van der Waals surface area contributed by atoms with Crippen LogP contribution in [0.3, 0.4) is 0 Å². The minimum absolute atomic E-state index is 0.270. The van der Waals surface area contributed by atoms with Crippen LogP contribution < -0.4 is 16.4 Å². The van der Waals surface area contributed by atoms with E-state index in [-0.39, 0.29) is 12.0 Å². The zero-order chi connectivity index (χ0) is 17.3. The predicted octanol–water partition coefficient (Wildman–Crippen LogP) is 1.48. The van der Waals surface area contributed by atoms with Crippen LogP contribution in [0.25, 0.3) is 0 Å². The molecule has 0 radical (unpaired) electrons. The van der Waals surface area contributed by atoms with E-state index < -0.39 is 0 Å². The Kier molecular flexibility index (Phi) is 4.66. The standard InChI is InChI=1S/C16H25N7O/c1-9(2)4-15-20-13(22-24-15)8-23(3)14-7-12(19-16(18)21-14)10-5-11(17)6-10/h7,9-11H,4-6,8,17H2,1-3H3,(H2,18,19,21). The third-order valence-corrected chi connectivity index (χ3v) is 4.21. The zero-order valence-corrected chi connectivity index (χ0v) is 14.4. The summed E-state index contributed by atoms with van der Waals surface area (Å²) >= 11 is 0. The predicted molar refractivity (Wildman–Crippen MR) is 91.3 cm³/mol. The van der Waals surface area contributed by atoms with Crippen LogP contribution in [0.1, 0.15) is 50.0 Å². The number of hydrogen-bond donors (Lipinski definition) is 2. The second kappa shape index (κ2) is 6.72. The highest BCUT2D eigenvalue weighted by atomic mass is 16.5. The molecule has 8 nitrogen and oxygen atoms in total. The van der Waals surface area contributed by atoms with E-state index in [0.717, 1.165) is 30.8 Å². The summed E-state index contributed by atoms with van der Waals surface area (Å²) < 4.78 is 5.28. The fourth-order valence-corrected chi connectivity index (χ4v) is 2.86. The molecule has 0 aromatic carbocycles. The van der Waals surface area contributed by atoms with Crippen LogP contribution in [-0.4, -0.2) is 33.2 Å². The Labute approximate surface area is 141 Å². The molecule has 0 aliphatic heterocycles. The minimum Gasteiger partial charge on any atom is -0.368 e. The van der Waals surface area contributed by atoms with Crippen LogP contribution in [0.4, 0.5) is 11.8 Å². The number of anilines is 2. The highest BCUT2D eigenvalue weighted by Gasteiger charge is 2.29. The van der Waals surface area contributed by atoms with Gasteiger partial charge in [0.1, 0.15) is 5.82 Å². The quantitative estimate of drug-likeness (QED) is 0.816. The molecule has 0 saturated heterocycles. The van der Waals surface area contributed by atoms with Crippen molar-refractivity contribution in [3.63, 3.8) is 0 Å². The van der Waals surface area contributed by atoms with Gasteiger partial charge in [0.2, 0.25) is 11.8 Å². The fourth-order valence-electron chi connectivity index (χ4n) is 2.86. The first kappa shape index (κ1) is 16.6. The van der Waals surface area contributed by atoms with Crippen molar-refractivity contribution in [2.45, 2.75) is 51.6 Å². The third-order valence-electron chi connectivity index (χ3n) is 4.21. The summed E-state index contributed by atoms with van der Waals surface area (Å²) in [6.45, 7) is 4.74. The molecule has 1 aliphatic rings. The number of rotatable bonds is 6. The lowest BCUT2D eigenvalue weighted by Gasteiger charge is -2.32. The molecule has 130 valence electrons. The first-order valence-corrected chi connectivity index (χ1v) is 8.33. The molecule has 24 heavy (non-hydrogen) atoms. The van der Waals surface area contributed by atoms with Crippen LogP contribution >= 0.6 is 0 Å². The van der Waals surface area contributed by atoms with Crippen LogP contribution in [0, 0.1) is 5.92 Å². The Bertz CT molecular complexity index is 693. The van der Waals surface area contributed by atoms with Crippen LogP contribution in [0.2, 0.25) is 0 Å². The average molecular weight is 331 g/mol. The van der Waals surface area contributed by atoms with E-state index in [1.165, 1.54) is 0 Å². The Morgan fingerprint density at radius 3 is 2.71 bits per heavy atom. The molecule has 1 aliphatic carbocycles. The first-order valence-electron chi connectivity index (χ1n) is 8.33. The van der Waals surface area contributed by atoms with E-state index >= 15 is 0 Å². The molecule has 1 fully saturated rings. The molecule has 0 atom stereocenters. The fraction of sp³-hybridized carbons (Fsp3) is 0.625. The molecule has 2 aromatic rings. The third kappa shape index (κ3) is 3.81. The molecule has 0 amide bonds. The van der Waals surface area contributed by atoms with Crippen LogP contribution in [0.5, 0.6) is 0 Å². The van der Waals surface area contributed by atoms with E-state index in [0.29, 0.717) is 30.1 Å². The van der Waals surface area contributed by atoms with E-state index in [4.69, 9.17) is 16.0 Å². The summed E-state index contributed by atoms with van der Waals surface area (Å²) in [6.07, 6.45) is 2.68. The molecule has 0 unspecified atom stereocenters. The minimum atomic E-state index is 0.270. The second-order valence-corrected chi connectivity index (χ2v) is 7.00. The van der Waals surface area contributed by atoms with Gasteiger partial charge in [0.05, 0.1) is 12.2 Å². The van der Waals surface area contributed by atoms with Crippen LogP contribution in [-0.2, 0) is 13.0 Å². The van der Waals surface area contributed by atoms with Crippen molar-refractivity contribution < 1.29 is 4.52 Å². The Hall–Kier alpha value is -2.22. The summed E-state index contributed by atoms with van der Waals surface area (Å²) in [5, 5.41) is 4.03. The van der Waals surface area contributed by atoms with Gasteiger partial charge in [0.25, 0.3) is 0 Å². The van der Waals surface area contributed by atoms with Gasteiger partial charge >= 0.3 is 0 Å². The van der Waals surface area contributed by atoms with Gasteiger partial charge in [0, 0.05) is 31.5 Å². The molecule has 8 heteroatoms. The summed E-state index contributed by atoms with van der Waals surface area (Å²) in [6, 6.07) is 2.24. The smallest absolute Gasteiger partial charge is 0.226 e. The van der Waals surface area contributed by atoms with Crippen LogP contribution in [0.15, 0.2) is 10.6 Å². The maximum Gasteiger partial charge on any atom is 0.226 e. The molecule has 0 bridgehead atoms. The largest absolute Gasteiger partial charge is 0.368 e. The number of nitrogens with zero attached hydrogens (tertiary/aromatic N) is 5. The highest BCUT2D eigenvalue weighted by Crippen LogP contribution is 2.35. The van der Waals surface area contributed by atoms with Crippen molar-refractivity contribution in [1.29, 1.82) is 0 Å². The first-order chi connectivity index (χ1) is 11.4. The van der Waals surface area contributed by atoms with Crippen molar-refractivity contribution in [2.24, 2.45) is 11.7 Å². The molecule has 2 aromatic heterocycles. The Morgan fingerprint density at radius 2 is 2.04 bits per heavy atom. The van der Waals surface area contributed by atoms with E-state index in [2.05, 4.69) is 34.0 Å².